The minimum atomic E-state index is 0.964. The summed E-state index contributed by atoms with van der Waals surface area (Å²) < 4.78 is 0. The van der Waals surface area contributed by atoms with Crippen molar-refractivity contribution in [2.24, 2.45) is 5.10 Å². The SMILES string of the molecule is CSC1=CC(SC)=NN(Nc2cccc3ccccc23)N1. The van der Waals surface area contributed by atoms with Crippen LogP contribution in [-0.2, 0) is 0 Å². The van der Waals surface area contributed by atoms with Crippen molar-refractivity contribution < 1.29 is 0 Å². The van der Waals surface area contributed by atoms with E-state index in [1.54, 1.807) is 28.8 Å². The summed E-state index contributed by atoms with van der Waals surface area (Å²) in [6.45, 7) is 0. The first-order valence-corrected chi connectivity index (χ1v) is 8.94. The molecule has 108 valence electrons. The van der Waals surface area contributed by atoms with E-state index in [1.165, 1.54) is 10.8 Å². The molecule has 0 aliphatic carbocycles. The highest BCUT2D eigenvalue weighted by Gasteiger charge is 2.12. The monoisotopic (exact) mass is 316 g/mol. The Kier molecular flexibility index (Phi) is 4.26. The van der Waals surface area contributed by atoms with E-state index in [0.717, 1.165) is 15.8 Å². The zero-order valence-corrected chi connectivity index (χ0v) is 13.5. The third-order valence-electron chi connectivity index (χ3n) is 3.11. The summed E-state index contributed by atoms with van der Waals surface area (Å²) in [6.07, 6.45) is 6.10. The molecule has 2 N–H and O–H groups in total. The molecule has 2 aromatic rings. The quantitative estimate of drug-likeness (QED) is 0.899. The Labute approximate surface area is 132 Å². The second kappa shape index (κ2) is 6.32. The molecule has 0 bridgehead atoms. The molecule has 1 aliphatic rings. The fourth-order valence-electron chi connectivity index (χ4n) is 2.10. The van der Waals surface area contributed by atoms with Crippen LogP contribution < -0.4 is 10.9 Å². The maximum absolute atomic E-state index is 4.50. The van der Waals surface area contributed by atoms with Crippen LogP contribution in [-0.4, -0.2) is 22.8 Å². The zero-order chi connectivity index (χ0) is 14.7. The van der Waals surface area contributed by atoms with Gasteiger partial charge in [-0.1, -0.05) is 36.4 Å². The largest absolute Gasteiger partial charge is 0.262 e. The molecule has 4 nitrogen and oxygen atoms in total. The molecule has 0 fully saturated rings. The number of benzene rings is 2. The molecule has 3 rings (SSSR count). The fourth-order valence-corrected chi connectivity index (χ4v) is 2.98. The lowest BCUT2D eigenvalue weighted by molar-refractivity contribution is 0.282. The maximum atomic E-state index is 4.50. The van der Waals surface area contributed by atoms with E-state index >= 15 is 0 Å². The van der Waals surface area contributed by atoms with Crippen LogP contribution in [0.2, 0.25) is 0 Å². The normalized spacial score (nSPS) is 14.5. The van der Waals surface area contributed by atoms with E-state index in [0.29, 0.717) is 0 Å². The molecule has 0 aromatic heterocycles. The van der Waals surface area contributed by atoms with Crippen LogP contribution >= 0.6 is 23.5 Å². The van der Waals surface area contributed by atoms with E-state index in [9.17, 15) is 0 Å². The van der Waals surface area contributed by atoms with Crippen LogP contribution in [0.1, 0.15) is 0 Å². The summed E-state index contributed by atoms with van der Waals surface area (Å²) in [5.41, 5.74) is 7.57. The highest BCUT2D eigenvalue weighted by Crippen LogP contribution is 2.24. The Morgan fingerprint density at radius 2 is 1.86 bits per heavy atom. The Morgan fingerprint density at radius 1 is 1.05 bits per heavy atom. The number of hydrazone groups is 1. The van der Waals surface area contributed by atoms with Gasteiger partial charge in [-0.05, 0) is 24.0 Å². The van der Waals surface area contributed by atoms with Crippen molar-refractivity contribution in [1.82, 2.24) is 10.7 Å². The van der Waals surface area contributed by atoms with Crippen LogP contribution in [0.5, 0.6) is 0 Å². The van der Waals surface area contributed by atoms with E-state index in [1.807, 2.05) is 36.8 Å². The summed E-state index contributed by atoms with van der Waals surface area (Å²) in [5, 5.41) is 10.6. The van der Waals surface area contributed by atoms with Gasteiger partial charge < -0.3 is 0 Å². The van der Waals surface area contributed by atoms with Gasteiger partial charge in [-0.3, -0.25) is 10.9 Å². The minimum Gasteiger partial charge on any atom is -0.262 e. The number of rotatable bonds is 3. The number of hydrogen-bond acceptors (Lipinski definition) is 6. The average molecular weight is 316 g/mol. The molecule has 1 heterocycles. The number of nitrogens with one attached hydrogen (secondary N) is 2. The number of hydrazine groups is 2. The molecule has 0 amide bonds. The number of thioether (sulfide) groups is 2. The van der Waals surface area contributed by atoms with Crippen LogP contribution in [0.4, 0.5) is 5.69 Å². The van der Waals surface area contributed by atoms with Crippen LogP contribution in [0.15, 0.2) is 58.7 Å². The Hall–Kier alpha value is -1.79. The molecule has 1 aliphatic heterocycles. The highest BCUT2D eigenvalue weighted by molar-refractivity contribution is 8.13. The molecule has 0 unspecified atom stereocenters. The molecular formula is C15H16N4S2. The van der Waals surface area contributed by atoms with E-state index in [2.05, 4.69) is 40.2 Å². The smallest absolute Gasteiger partial charge is 0.123 e. The molecule has 21 heavy (non-hydrogen) atoms. The second-order valence-corrected chi connectivity index (χ2v) is 6.09. The summed E-state index contributed by atoms with van der Waals surface area (Å²) in [6, 6.07) is 14.5. The fraction of sp³-hybridized carbons (Fsp3) is 0.133. The molecule has 0 radical (unpaired) electrons. The van der Waals surface area contributed by atoms with Gasteiger partial charge in [-0.2, -0.15) is 0 Å². The predicted octanol–water partition coefficient (Wildman–Crippen LogP) is 3.87. The number of hydrogen-bond donors (Lipinski definition) is 2. The van der Waals surface area contributed by atoms with Gasteiger partial charge in [0.25, 0.3) is 0 Å². The summed E-state index contributed by atoms with van der Waals surface area (Å²) in [4.78, 5) is 0. The highest BCUT2D eigenvalue weighted by atomic mass is 32.2. The van der Waals surface area contributed by atoms with Crippen LogP contribution in [0, 0.1) is 0 Å². The summed E-state index contributed by atoms with van der Waals surface area (Å²) in [7, 11) is 0. The number of nitrogens with zero attached hydrogens (tertiary/aromatic N) is 2. The Balaban J connectivity index is 1.89. The molecule has 0 saturated heterocycles. The van der Waals surface area contributed by atoms with Gasteiger partial charge in [-0.15, -0.1) is 33.9 Å². The van der Waals surface area contributed by atoms with Crippen molar-refractivity contribution in [3.63, 3.8) is 0 Å². The topological polar surface area (TPSA) is 39.7 Å². The first-order chi connectivity index (χ1) is 10.3. The zero-order valence-electron chi connectivity index (χ0n) is 11.8. The van der Waals surface area contributed by atoms with Crippen molar-refractivity contribution in [3.05, 3.63) is 53.6 Å². The number of anilines is 1. The van der Waals surface area contributed by atoms with Gasteiger partial charge >= 0.3 is 0 Å². The average Bonchev–Trinajstić information content (AvgIpc) is 2.55. The van der Waals surface area contributed by atoms with Crippen molar-refractivity contribution in [3.8, 4) is 0 Å². The van der Waals surface area contributed by atoms with Gasteiger partial charge in [0.1, 0.15) is 5.04 Å². The molecule has 0 atom stereocenters. The van der Waals surface area contributed by atoms with Gasteiger partial charge in [0.2, 0.25) is 0 Å². The lowest BCUT2D eigenvalue weighted by Gasteiger charge is -2.27. The molecule has 2 aromatic carbocycles. The predicted molar refractivity (Wildman–Crippen MR) is 95.1 cm³/mol. The van der Waals surface area contributed by atoms with Gasteiger partial charge in [0.15, 0.2) is 0 Å². The standard InChI is InChI=1S/C15H16N4S2/c1-20-14-10-15(21-2)18-19(17-14)16-13-9-5-7-11-6-3-4-8-12(11)13/h3-10,16-17H,1-2H3. The first-order valence-electron chi connectivity index (χ1n) is 6.49. The van der Waals surface area contributed by atoms with E-state index in [-0.39, 0.29) is 0 Å². The molecule has 6 heteroatoms. The Morgan fingerprint density at radius 3 is 2.67 bits per heavy atom. The molecular weight excluding hydrogens is 300 g/mol. The van der Waals surface area contributed by atoms with E-state index < -0.39 is 0 Å². The van der Waals surface area contributed by atoms with Gasteiger partial charge in [0.05, 0.1) is 10.7 Å². The second-order valence-electron chi connectivity index (χ2n) is 4.42. The van der Waals surface area contributed by atoms with Gasteiger partial charge in [-0.25, -0.2) is 0 Å². The van der Waals surface area contributed by atoms with Crippen LogP contribution in [0.25, 0.3) is 10.8 Å². The Bertz CT molecular complexity index is 706. The van der Waals surface area contributed by atoms with E-state index in [4.69, 9.17) is 0 Å². The van der Waals surface area contributed by atoms with Crippen molar-refractivity contribution in [2.45, 2.75) is 0 Å². The molecule has 0 saturated carbocycles. The third-order valence-corrected chi connectivity index (χ3v) is 4.38. The summed E-state index contributed by atoms with van der Waals surface area (Å²) >= 11 is 3.28. The minimum absolute atomic E-state index is 0.964. The maximum Gasteiger partial charge on any atom is 0.123 e. The third kappa shape index (κ3) is 3.11. The molecule has 0 spiro atoms. The van der Waals surface area contributed by atoms with Crippen molar-refractivity contribution in [2.75, 3.05) is 17.9 Å². The van der Waals surface area contributed by atoms with Gasteiger partial charge in [0, 0.05) is 11.5 Å². The lowest BCUT2D eigenvalue weighted by Crippen LogP contribution is -2.40. The first kappa shape index (κ1) is 14.2. The number of fused-ring (bicyclic) bond motifs is 1. The van der Waals surface area contributed by atoms with Crippen molar-refractivity contribution >= 4 is 45.0 Å². The lowest BCUT2D eigenvalue weighted by atomic mass is 10.1. The summed E-state index contributed by atoms with van der Waals surface area (Å²) in [5.74, 6) is 0. The van der Waals surface area contributed by atoms with Crippen molar-refractivity contribution in [1.29, 1.82) is 0 Å². The van der Waals surface area contributed by atoms with Crippen LogP contribution in [0.3, 0.4) is 0 Å².